The van der Waals surface area contributed by atoms with Crippen molar-refractivity contribution in [3.63, 3.8) is 0 Å². The van der Waals surface area contributed by atoms with Gasteiger partial charge in [0, 0.05) is 5.57 Å². The molecule has 1 N–H and O–H groups in total. The summed E-state index contributed by atoms with van der Waals surface area (Å²) in [5.41, 5.74) is 0.338. The number of hydrogen-bond donors (Lipinski definition) is 1. The lowest BCUT2D eigenvalue weighted by Gasteiger charge is -2.03. The summed E-state index contributed by atoms with van der Waals surface area (Å²) in [6, 6.07) is 0. The third-order valence-corrected chi connectivity index (χ3v) is 2.06. The average Bonchev–Trinajstić information content (AvgIpc) is 2.02. The number of unbranched alkanes of at least 4 members (excludes halogenated alkanes) is 2. The Hall–Kier alpha value is -0.790. The largest absolute Gasteiger partial charge is 0.478 e. The summed E-state index contributed by atoms with van der Waals surface area (Å²) in [7, 11) is 0. The first kappa shape index (κ1) is 12.2. The van der Waals surface area contributed by atoms with Crippen LogP contribution in [0.1, 0.15) is 46.0 Å². The van der Waals surface area contributed by atoms with Crippen molar-refractivity contribution in [2.75, 3.05) is 0 Å². The molecule has 0 atom stereocenters. The van der Waals surface area contributed by atoms with Gasteiger partial charge in [-0.25, -0.2) is 4.79 Å². The van der Waals surface area contributed by atoms with E-state index in [4.69, 9.17) is 5.11 Å². The Bertz CT molecular complexity index is 171. The summed E-state index contributed by atoms with van der Waals surface area (Å²) in [5.74, 6) is -0.105. The lowest BCUT2D eigenvalue weighted by Crippen LogP contribution is -1.98. The van der Waals surface area contributed by atoms with Crippen LogP contribution in [0.3, 0.4) is 0 Å². The van der Waals surface area contributed by atoms with Crippen LogP contribution in [0.5, 0.6) is 0 Å². The Morgan fingerprint density at radius 3 is 2.38 bits per heavy atom. The summed E-state index contributed by atoms with van der Waals surface area (Å²) in [6.45, 7) is 7.90. The van der Waals surface area contributed by atoms with Crippen LogP contribution in [0.25, 0.3) is 0 Å². The minimum absolute atomic E-state index is 0.338. The Balaban J connectivity index is 3.26. The second-order valence-electron chi connectivity index (χ2n) is 3.90. The maximum atomic E-state index is 10.4. The molecule has 0 aliphatic carbocycles. The van der Waals surface area contributed by atoms with E-state index < -0.39 is 5.97 Å². The first-order valence-corrected chi connectivity index (χ1v) is 4.95. The van der Waals surface area contributed by atoms with Gasteiger partial charge in [-0.15, -0.1) is 0 Å². The Labute approximate surface area is 80.7 Å². The fraction of sp³-hybridized carbons (Fsp3) is 0.727. The summed E-state index contributed by atoms with van der Waals surface area (Å²) >= 11 is 0. The highest BCUT2D eigenvalue weighted by Gasteiger charge is 2.02. The molecule has 0 rings (SSSR count). The highest BCUT2D eigenvalue weighted by molar-refractivity contribution is 5.85. The minimum atomic E-state index is -0.858. The first-order chi connectivity index (χ1) is 6.04. The van der Waals surface area contributed by atoms with Crippen LogP contribution in [0.15, 0.2) is 12.2 Å². The fourth-order valence-corrected chi connectivity index (χ4v) is 1.17. The third-order valence-electron chi connectivity index (χ3n) is 2.06. The van der Waals surface area contributed by atoms with Crippen molar-refractivity contribution in [1.82, 2.24) is 0 Å². The highest BCUT2D eigenvalue weighted by atomic mass is 16.4. The Morgan fingerprint density at radius 2 is 1.92 bits per heavy atom. The molecule has 0 saturated carbocycles. The molecule has 13 heavy (non-hydrogen) atoms. The second kappa shape index (κ2) is 6.70. The molecule has 0 aromatic heterocycles. The molecule has 0 heterocycles. The van der Waals surface area contributed by atoms with Gasteiger partial charge in [0.2, 0.25) is 0 Å². The van der Waals surface area contributed by atoms with E-state index in [1.165, 1.54) is 12.8 Å². The van der Waals surface area contributed by atoms with E-state index in [9.17, 15) is 4.79 Å². The lowest BCUT2D eigenvalue weighted by molar-refractivity contribution is -0.132. The van der Waals surface area contributed by atoms with E-state index in [0.29, 0.717) is 12.0 Å². The lowest BCUT2D eigenvalue weighted by atomic mass is 10.0. The smallest absolute Gasteiger partial charge is 0.330 e. The van der Waals surface area contributed by atoms with Gasteiger partial charge in [-0.05, 0) is 18.8 Å². The van der Waals surface area contributed by atoms with Crippen molar-refractivity contribution in [2.45, 2.75) is 46.0 Å². The molecule has 76 valence electrons. The van der Waals surface area contributed by atoms with E-state index in [1.54, 1.807) is 0 Å². The van der Waals surface area contributed by atoms with Gasteiger partial charge in [0.25, 0.3) is 0 Å². The molecule has 0 bridgehead atoms. The van der Waals surface area contributed by atoms with E-state index in [1.807, 2.05) is 0 Å². The fourth-order valence-electron chi connectivity index (χ4n) is 1.17. The molecular formula is C11H20O2. The van der Waals surface area contributed by atoms with Gasteiger partial charge in [0.05, 0.1) is 0 Å². The number of hydrogen-bond acceptors (Lipinski definition) is 1. The van der Waals surface area contributed by atoms with Gasteiger partial charge >= 0.3 is 5.97 Å². The van der Waals surface area contributed by atoms with Crippen LogP contribution in [-0.2, 0) is 4.79 Å². The topological polar surface area (TPSA) is 37.3 Å². The van der Waals surface area contributed by atoms with Crippen molar-refractivity contribution < 1.29 is 9.90 Å². The summed E-state index contributed by atoms with van der Waals surface area (Å²) < 4.78 is 0. The second-order valence-corrected chi connectivity index (χ2v) is 3.90. The summed E-state index contributed by atoms with van der Waals surface area (Å²) in [5, 5.41) is 8.53. The SMILES string of the molecule is C=C(CCCCCC(C)C)C(=O)O. The van der Waals surface area contributed by atoms with Crippen molar-refractivity contribution in [3.05, 3.63) is 12.2 Å². The van der Waals surface area contributed by atoms with Crippen LogP contribution in [-0.4, -0.2) is 11.1 Å². The molecule has 0 spiro atoms. The molecule has 0 aromatic carbocycles. The quantitative estimate of drug-likeness (QED) is 0.487. The minimum Gasteiger partial charge on any atom is -0.478 e. The number of carboxylic acids is 1. The van der Waals surface area contributed by atoms with Gasteiger partial charge in [-0.3, -0.25) is 0 Å². The van der Waals surface area contributed by atoms with Crippen LogP contribution < -0.4 is 0 Å². The van der Waals surface area contributed by atoms with Crippen LogP contribution in [0.2, 0.25) is 0 Å². The third kappa shape index (κ3) is 7.57. The number of carboxylic acid groups (broad SMARTS) is 1. The van der Waals surface area contributed by atoms with Crippen LogP contribution >= 0.6 is 0 Å². The average molecular weight is 184 g/mol. The molecule has 0 aliphatic rings. The van der Waals surface area contributed by atoms with Crippen molar-refractivity contribution in [3.8, 4) is 0 Å². The van der Waals surface area contributed by atoms with Gasteiger partial charge in [-0.1, -0.05) is 39.7 Å². The van der Waals surface area contributed by atoms with E-state index in [-0.39, 0.29) is 0 Å². The molecule has 0 radical (unpaired) electrons. The zero-order valence-electron chi connectivity index (χ0n) is 8.68. The first-order valence-electron chi connectivity index (χ1n) is 4.95. The number of rotatable bonds is 7. The number of carbonyl (C=O) groups is 1. The maximum Gasteiger partial charge on any atom is 0.330 e. The summed E-state index contributed by atoms with van der Waals surface area (Å²) in [6.07, 6.45) is 5.14. The van der Waals surface area contributed by atoms with E-state index in [2.05, 4.69) is 20.4 Å². The van der Waals surface area contributed by atoms with Crippen LogP contribution in [0.4, 0.5) is 0 Å². The Kier molecular flexibility index (Phi) is 6.29. The molecule has 0 unspecified atom stereocenters. The van der Waals surface area contributed by atoms with Crippen LogP contribution in [0, 0.1) is 5.92 Å². The number of aliphatic carboxylic acids is 1. The van der Waals surface area contributed by atoms with Gasteiger partial charge in [0.15, 0.2) is 0 Å². The molecule has 0 aromatic rings. The Morgan fingerprint density at radius 1 is 1.31 bits per heavy atom. The molecular weight excluding hydrogens is 164 g/mol. The molecule has 0 saturated heterocycles. The monoisotopic (exact) mass is 184 g/mol. The molecule has 2 heteroatoms. The predicted octanol–water partition coefficient (Wildman–Crippen LogP) is 3.23. The zero-order valence-corrected chi connectivity index (χ0v) is 8.68. The van der Waals surface area contributed by atoms with E-state index >= 15 is 0 Å². The summed E-state index contributed by atoms with van der Waals surface area (Å²) in [4.78, 5) is 10.4. The molecule has 0 fully saturated rings. The normalized spacial score (nSPS) is 10.4. The molecule has 2 nitrogen and oxygen atoms in total. The predicted molar refractivity (Wildman–Crippen MR) is 54.7 cm³/mol. The maximum absolute atomic E-state index is 10.4. The molecule has 0 aliphatic heterocycles. The standard InChI is InChI=1S/C11H20O2/c1-9(2)7-5-4-6-8-10(3)11(12)13/h9H,3-8H2,1-2H3,(H,12,13). The van der Waals surface area contributed by atoms with Gasteiger partial charge < -0.3 is 5.11 Å². The van der Waals surface area contributed by atoms with Gasteiger partial charge in [0.1, 0.15) is 0 Å². The van der Waals surface area contributed by atoms with Gasteiger partial charge in [-0.2, -0.15) is 0 Å². The van der Waals surface area contributed by atoms with Crippen molar-refractivity contribution in [2.24, 2.45) is 5.92 Å². The van der Waals surface area contributed by atoms with Crippen molar-refractivity contribution in [1.29, 1.82) is 0 Å². The van der Waals surface area contributed by atoms with E-state index in [0.717, 1.165) is 18.8 Å². The zero-order chi connectivity index (χ0) is 10.3. The van der Waals surface area contributed by atoms with Crippen molar-refractivity contribution >= 4 is 5.97 Å². The highest BCUT2D eigenvalue weighted by Crippen LogP contribution is 2.11. The molecule has 0 amide bonds.